The Hall–Kier alpha value is -4.50. The molecule has 0 bridgehead atoms. The predicted octanol–water partition coefficient (Wildman–Crippen LogP) is 6.05. The highest BCUT2D eigenvalue weighted by Crippen LogP contribution is 2.27. The van der Waals surface area contributed by atoms with Gasteiger partial charge in [0, 0.05) is 19.5 Å². The summed E-state index contributed by atoms with van der Waals surface area (Å²) >= 11 is 0. The number of sulfonamides is 1. The van der Waals surface area contributed by atoms with Crippen molar-refractivity contribution in [3.8, 4) is 0 Å². The van der Waals surface area contributed by atoms with Gasteiger partial charge in [0.05, 0.1) is 10.6 Å². The molecule has 0 spiro atoms. The minimum absolute atomic E-state index is 0.0494. The molecule has 0 saturated heterocycles. The maximum atomic E-state index is 15.3. The fourth-order valence-corrected chi connectivity index (χ4v) is 6.37. The Bertz CT molecular complexity index is 1710. The highest BCUT2D eigenvalue weighted by Gasteiger charge is 2.35. The molecule has 0 heterocycles. The average Bonchev–Trinajstić information content (AvgIpc) is 3.02. The monoisotopic (exact) mass is 629 g/mol. The third kappa shape index (κ3) is 8.57. The second kappa shape index (κ2) is 15.0. The van der Waals surface area contributed by atoms with Gasteiger partial charge in [0.15, 0.2) is 0 Å². The molecule has 1 atom stereocenters. The zero-order valence-electron chi connectivity index (χ0n) is 26.1. The number of nitrogens with one attached hydrogen (secondary N) is 1. The lowest BCUT2D eigenvalue weighted by atomic mass is 10.0. The Labute approximate surface area is 265 Å². The summed E-state index contributed by atoms with van der Waals surface area (Å²) in [7, 11) is -4.38. The topological polar surface area (TPSA) is 86.8 Å². The average molecular weight is 630 g/mol. The van der Waals surface area contributed by atoms with E-state index in [0.29, 0.717) is 6.54 Å². The second-order valence-corrected chi connectivity index (χ2v) is 13.4. The van der Waals surface area contributed by atoms with Crippen LogP contribution in [0.2, 0.25) is 0 Å². The van der Waals surface area contributed by atoms with Gasteiger partial charge >= 0.3 is 0 Å². The molecular weight excluding hydrogens is 589 g/mol. The van der Waals surface area contributed by atoms with Crippen molar-refractivity contribution in [1.82, 2.24) is 10.2 Å². The minimum atomic E-state index is -4.38. The van der Waals surface area contributed by atoms with Crippen molar-refractivity contribution >= 4 is 27.5 Å². The number of halogens is 1. The molecule has 7 nitrogen and oxygen atoms in total. The van der Waals surface area contributed by atoms with Crippen LogP contribution in [0, 0.1) is 25.6 Å². The highest BCUT2D eigenvalue weighted by atomic mass is 32.2. The van der Waals surface area contributed by atoms with Gasteiger partial charge in [0.25, 0.3) is 10.0 Å². The van der Waals surface area contributed by atoms with Crippen LogP contribution < -0.4 is 9.62 Å². The summed E-state index contributed by atoms with van der Waals surface area (Å²) in [6, 6.07) is 27.5. The number of hydrogen-bond acceptors (Lipinski definition) is 4. The second-order valence-electron chi connectivity index (χ2n) is 11.6. The Morgan fingerprint density at radius 3 is 2.09 bits per heavy atom. The van der Waals surface area contributed by atoms with Gasteiger partial charge in [-0.3, -0.25) is 13.9 Å². The molecule has 0 saturated carbocycles. The van der Waals surface area contributed by atoms with Crippen molar-refractivity contribution in [3.05, 3.63) is 131 Å². The number of carbonyl (C=O) groups is 2. The Balaban J connectivity index is 1.81. The van der Waals surface area contributed by atoms with E-state index >= 15 is 4.39 Å². The van der Waals surface area contributed by atoms with Crippen molar-refractivity contribution in [2.75, 3.05) is 17.4 Å². The van der Waals surface area contributed by atoms with Gasteiger partial charge in [-0.15, -0.1) is 0 Å². The summed E-state index contributed by atoms with van der Waals surface area (Å²) < 4.78 is 44.2. The van der Waals surface area contributed by atoms with Gasteiger partial charge in [-0.25, -0.2) is 12.8 Å². The van der Waals surface area contributed by atoms with E-state index in [2.05, 4.69) is 5.32 Å². The molecule has 9 heteroatoms. The van der Waals surface area contributed by atoms with Gasteiger partial charge in [0.2, 0.25) is 11.8 Å². The van der Waals surface area contributed by atoms with Crippen LogP contribution in [0.4, 0.5) is 10.1 Å². The van der Waals surface area contributed by atoms with Crippen LogP contribution in [0.25, 0.3) is 0 Å². The van der Waals surface area contributed by atoms with Crippen LogP contribution >= 0.6 is 0 Å². The van der Waals surface area contributed by atoms with Crippen LogP contribution in [0.5, 0.6) is 0 Å². The molecule has 1 N–H and O–H groups in total. The summed E-state index contributed by atoms with van der Waals surface area (Å²) in [6.07, 6.45) is 0.201. The maximum Gasteiger partial charge on any atom is 0.264 e. The lowest BCUT2D eigenvalue weighted by Crippen LogP contribution is -2.54. The molecule has 0 radical (unpaired) electrons. The molecule has 4 rings (SSSR count). The van der Waals surface area contributed by atoms with Crippen molar-refractivity contribution in [3.63, 3.8) is 0 Å². The van der Waals surface area contributed by atoms with Gasteiger partial charge in [-0.1, -0.05) is 98.3 Å². The van der Waals surface area contributed by atoms with Crippen LogP contribution in [-0.4, -0.2) is 44.3 Å². The fraction of sp³-hybridized carbons (Fsp3) is 0.278. The van der Waals surface area contributed by atoms with Crippen molar-refractivity contribution < 1.29 is 22.4 Å². The molecule has 4 aromatic carbocycles. The molecule has 0 aliphatic carbocycles. The summed E-state index contributed by atoms with van der Waals surface area (Å²) in [5, 5.41) is 2.97. The largest absolute Gasteiger partial charge is 0.354 e. The summed E-state index contributed by atoms with van der Waals surface area (Å²) in [6.45, 7) is 7.43. The van der Waals surface area contributed by atoms with Crippen molar-refractivity contribution in [2.24, 2.45) is 5.92 Å². The molecule has 0 unspecified atom stereocenters. The standard InChI is InChI=1S/C36H40FN3O4S/c1-26(2)23-38-36(42)34(22-29-13-6-5-7-14-29)39(24-30-15-9-8-12-28(30)4)35(41)25-40(33-17-11-10-16-32(33)37)45(43,44)31-20-18-27(3)19-21-31/h5-21,26,34H,22-25H2,1-4H3,(H,38,42)/t34-/m0/s1. The molecule has 236 valence electrons. The lowest BCUT2D eigenvalue weighted by Gasteiger charge is -2.34. The third-order valence-electron chi connectivity index (χ3n) is 7.57. The number of hydrogen-bond donors (Lipinski definition) is 1. The van der Waals surface area contributed by atoms with E-state index in [-0.39, 0.29) is 35.4 Å². The number of aryl methyl sites for hydroxylation is 2. The molecular formula is C36H40FN3O4S. The van der Waals surface area contributed by atoms with E-state index < -0.39 is 34.3 Å². The van der Waals surface area contributed by atoms with Gasteiger partial charge in [-0.05, 0) is 60.7 Å². The smallest absolute Gasteiger partial charge is 0.264 e. The first-order valence-corrected chi connectivity index (χ1v) is 16.4. The molecule has 45 heavy (non-hydrogen) atoms. The van der Waals surface area contributed by atoms with Crippen LogP contribution in [0.1, 0.15) is 36.1 Å². The van der Waals surface area contributed by atoms with Crippen LogP contribution in [0.3, 0.4) is 0 Å². The first kappa shape index (κ1) is 33.4. The minimum Gasteiger partial charge on any atom is -0.354 e. The molecule has 0 fully saturated rings. The number of carbonyl (C=O) groups excluding carboxylic acids is 2. The Morgan fingerprint density at radius 1 is 0.822 bits per heavy atom. The first-order chi connectivity index (χ1) is 21.5. The number of nitrogens with zero attached hydrogens (tertiary/aromatic N) is 2. The highest BCUT2D eigenvalue weighted by molar-refractivity contribution is 7.92. The van der Waals surface area contributed by atoms with Gasteiger partial charge in [-0.2, -0.15) is 0 Å². The van der Waals surface area contributed by atoms with E-state index in [4.69, 9.17) is 0 Å². The van der Waals surface area contributed by atoms with E-state index in [9.17, 15) is 18.0 Å². The normalized spacial score (nSPS) is 12.0. The number of amides is 2. The van der Waals surface area contributed by atoms with E-state index in [1.165, 1.54) is 35.2 Å². The summed E-state index contributed by atoms with van der Waals surface area (Å²) in [5.41, 5.74) is 3.14. The summed E-state index contributed by atoms with van der Waals surface area (Å²) in [5.74, 6) is -1.61. The molecule has 0 aliphatic heterocycles. The maximum absolute atomic E-state index is 15.3. The molecule has 0 aromatic heterocycles. The zero-order valence-corrected chi connectivity index (χ0v) is 26.9. The Kier molecular flexibility index (Phi) is 11.1. The zero-order chi connectivity index (χ0) is 32.6. The fourth-order valence-electron chi connectivity index (χ4n) is 4.95. The quantitative estimate of drug-likeness (QED) is 0.195. The number of rotatable bonds is 13. The SMILES string of the molecule is Cc1ccc(S(=O)(=O)N(CC(=O)N(Cc2ccccc2C)[C@@H](Cc2ccccc2)C(=O)NCC(C)C)c2ccccc2F)cc1. The van der Waals surface area contributed by atoms with E-state index in [1.54, 1.807) is 12.1 Å². The molecule has 4 aromatic rings. The van der Waals surface area contributed by atoms with E-state index in [0.717, 1.165) is 32.6 Å². The van der Waals surface area contributed by atoms with Gasteiger partial charge in [0.1, 0.15) is 18.4 Å². The predicted molar refractivity (Wildman–Crippen MR) is 176 cm³/mol. The number of benzene rings is 4. The van der Waals surface area contributed by atoms with Crippen molar-refractivity contribution in [2.45, 2.75) is 51.6 Å². The van der Waals surface area contributed by atoms with Crippen LogP contribution in [0.15, 0.2) is 108 Å². The molecule has 2 amide bonds. The number of para-hydroxylation sites is 1. The Morgan fingerprint density at radius 2 is 1.44 bits per heavy atom. The third-order valence-corrected chi connectivity index (χ3v) is 9.34. The summed E-state index contributed by atoms with van der Waals surface area (Å²) in [4.78, 5) is 29.7. The van der Waals surface area contributed by atoms with Crippen LogP contribution in [-0.2, 0) is 32.6 Å². The lowest BCUT2D eigenvalue weighted by molar-refractivity contribution is -0.140. The van der Waals surface area contributed by atoms with Gasteiger partial charge < -0.3 is 10.2 Å². The molecule has 0 aliphatic rings. The van der Waals surface area contributed by atoms with E-state index in [1.807, 2.05) is 82.3 Å². The number of anilines is 1. The first-order valence-electron chi connectivity index (χ1n) is 15.0. The van der Waals surface area contributed by atoms with Crippen molar-refractivity contribution in [1.29, 1.82) is 0 Å².